The number of benzene rings is 3. The number of hydrazone groups is 1. The van der Waals surface area contributed by atoms with Crippen LogP contribution in [0.3, 0.4) is 0 Å². The molecule has 3 aromatic carbocycles. The van der Waals surface area contributed by atoms with Crippen molar-refractivity contribution in [2.45, 2.75) is 13.1 Å². The molecule has 0 fully saturated rings. The fourth-order valence-electron chi connectivity index (χ4n) is 3.10. The molecule has 3 aromatic rings. The predicted octanol–water partition coefficient (Wildman–Crippen LogP) is 4.46. The highest BCUT2D eigenvalue weighted by Gasteiger charge is 2.19. The van der Waals surface area contributed by atoms with Crippen LogP contribution in [0.5, 0.6) is 17.2 Å². The van der Waals surface area contributed by atoms with Crippen molar-refractivity contribution in [3.63, 3.8) is 0 Å². The summed E-state index contributed by atoms with van der Waals surface area (Å²) >= 11 is 0. The Morgan fingerprint density at radius 3 is 2.18 bits per heavy atom. The van der Waals surface area contributed by atoms with E-state index in [1.165, 1.54) is 11.1 Å². The van der Waals surface area contributed by atoms with Crippen molar-refractivity contribution in [1.29, 1.82) is 0 Å². The van der Waals surface area contributed by atoms with Crippen LogP contribution in [0.2, 0.25) is 0 Å². The molecule has 0 saturated carbocycles. The Morgan fingerprint density at radius 2 is 1.57 bits per heavy atom. The summed E-state index contributed by atoms with van der Waals surface area (Å²) in [6.45, 7) is 1.64. The summed E-state index contributed by atoms with van der Waals surface area (Å²) < 4.78 is 16.4. The normalized spacial score (nSPS) is 12.3. The highest BCUT2D eigenvalue weighted by Crippen LogP contribution is 2.41. The van der Waals surface area contributed by atoms with E-state index in [0.29, 0.717) is 30.3 Å². The molecular weight excluding hydrogens is 352 g/mol. The molecule has 0 atom stereocenters. The molecule has 142 valence electrons. The molecule has 0 unspecified atom stereocenters. The fourth-order valence-corrected chi connectivity index (χ4v) is 3.10. The zero-order chi connectivity index (χ0) is 19.2. The van der Waals surface area contributed by atoms with E-state index in [0.717, 1.165) is 5.56 Å². The smallest absolute Gasteiger partial charge is 0.231 e. The van der Waals surface area contributed by atoms with Crippen LogP contribution in [-0.4, -0.2) is 25.1 Å². The first-order valence-corrected chi connectivity index (χ1v) is 9.16. The second-order valence-electron chi connectivity index (χ2n) is 6.50. The van der Waals surface area contributed by atoms with Crippen molar-refractivity contribution >= 4 is 6.21 Å². The van der Waals surface area contributed by atoms with Crippen LogP contribution in [-0.2, 0) is 13.1 Å². The van der Waals surface area contributed by atoms with Gasteiger partial charge in [-0.2, -0.15) is 5.10 Å². The van der Waals surface area contributed by atoms with E-state index in [2.05, 4.69) is 24.3 Å². The summed E-state index contributed by atoms with van der Waals surface area (Å²) in [4.78, 5) is 0. The topological polar surface area (TPSA) is 43.3 Å². The Labute approximate surface area is 164 Å². The van der Waals surface area contributed by atoms with Gasteiger partial charge in [0.15, 0.2) is 11.5 Å². The molecule has 4 rings (SSSR count). The van der Waals surface area contributed by atoms with Crippen molar-refractivity contribution in [2.24, 2.45) is 5.10 Å². The minimum atomic E-state index is 0.209. The molecule has 0 N–H and O–H groups in total. The molecule has 0 radical (unpaired) electrons. The van der Waals surface area contributed by atoms with E-state index in [1.807, 2.05) is 59.8 Å². The predicted molar refractivity (Wildman–Crippen MR) is 109 cm³/mol. The van der Waals surface area contributed by atoms with E-state index in [9.17, 15) is 0 Å². The van der Waals surface area contributed by atoms with Crippen LogP contribution in [0.1, 0.15) is 16.7 Å². The van der Waals surface area contributed by atoms with Gasteiger partial charge in [0.05, 0.1) is 26.4 Å². The van der Waals surface area contributed by atoms with Crippen molar-refractivity contribution in [3.05, 3.63) is 89.5 Å². The van der Waals surface area contributed by atoms with Crippen LogP contribution in [0.4, 0.5) is 0 Å². The van der Waals surface area contributed by atoms with Crippen LogP contribution in [0.25, 0.3) is 0 Å². The lowest BCUT2D eigenvalue weighted by Crippen LogP contribution is -2.17. The average molecular weight is 374 g/mol. The van der Waals surface area contributed by atoms with Gasteiger partial charge < -0.3 is 14.2 Å². The minimum Gasteiger partial charge on any atom is -0.493 e. The van der Waals surface area contributed by atoms with Gasteiger partial charge in [-0.1, -0.05) is 60.7 Å². The van der Waals surface area contributed by atoms with Gasteiger partial charge in [0.1, 0.15) is 0 Å². The number of fused-ring (bicyclic) bond motifs is 1. The first-order chi connectivity index (χ1) is 13.8. The highest BCUT2D eigenvalue weighted by atomic mass is 16.7. The maximum atomic E-state index is 5.50. The quantitative estimate of drug-likeness (QED) is 0.452. The molecule has 1 aliphatic rings. The van der Waals surface area contributed by atoms with Gasteiger partial charge >= 0.3 is 0 Å². The van der Waals surface area contributed by atoms with E-state index < -0.39 is 0 Å². The lowest BCUT2D eigenvalue weighted by atomic mass is 10.2. The van der Waals surface area contributed by atoms with Crippen LogP contribution >= 0.6 is 0 Å². The highest BCUT2D eigenvalue weighted by molar-refractivity contribution is 5.82. The molecular formula is C23H22N2O3. The van der Waals surface area contributed by atoms with Crippen molar-refractivity contribution in [3.8, 4) is 17.2 Å². The molecule has 0 saturated heterocycles. The molecule has 1 heterocycles. The number of rotatable bonds is 7. The van der Waals surface area contributed by atoms with Gasteiger partial charge in [0.2, 0.25) is 12.5 Å². The Balaban J connectivity index is 1.58. The van der Waals surface area contributed by atoms with Gasteiger partial charge in [-0.15, -0.1) is 0 Å². The van der Waals surface area contributed by atoms with Crippen LogP contribution in [0, 0.1) is 0 Å². The Bertz CT molecular complexity index is 901. The standard InChI is InChI=1S/C23H22N2O3/c1-26-21-12-20(13-22-23(21)28-17-27-22)14-24-25(15-18-8-4-2-5-9-18)16-19-10-6-3-7-11-19/h2-14H,15-17H2,1H3/b24-14-. The summed E-state index contributed by atoms with van der Waals surface area (Å²) in [6.07, 6.45) is 1.83. The van der Waals surface area contributed by atoms with Crippen LogP contribution in [0.15, 0.2) is 77.9 Å². The molecule has 0 spiro atoms. The summed E-state index contributed by atoms with van der Waals surface area (Å²) in [5, 5.41) is 6.79. The number of hydrogen-bond donors (Lipinski definition) is 0. The van der Waals surface area contributed by atoms with Gasteiger partial charge in [-0.05, 0) is 23.3 Å². The summed E-state index contributed by atoms with van der Waals surface area (Å²) in [7, 11) is 1.62. The largest absolute Gasteiger partial charge is 0.493 e. The van der Waals surface area contributed by atoms with Gasteiger partial charge in [0.25, 0.3) is 0 Å². The van der Waals surface area contributed by atoms with E-state index in [-0.39, 0.29) is 6.79 Å². The monoisotopic (exact) mass is 374 g/mol. The van der Waals surface area contributed by atoms with Crippen LogP contribution < -0.4 is 14.2 Å². The third-order valence-electron chi connectivity index (χ3n) is 4.47. The third-order valence-corrected chi connectivity index (χ3v) is 4.47. The Morgan fingerprint density at radius 1 is 0.929 bits per heavy atom. The molecule has 0 aliphatic carbocycles. The van der Waals surface area contributed by atoms with E-state index in [1.54, 1.807) is 7.11 Å². The molecule has 5 nitrogen and oxygen atoms in total. The van der Waals surface area contributed by atoms with Crippen molar-refractivity contribution in [2.75, 3.05) is 13.9 Å². The molecule has 28 heavy (non-hydrogen) atoms. The number of methoxy groups -OCH3 is 1. The second kappa shape index (κ2) is 8.48. The Kier molecular flexibility index (Phi) is 5.43. The van der Waals surface area contributed by atoms with Crippen molar-refractivity contribution < 1.29 is 14.2 Å². The minimum absolute atomic E-state index is 0.209. The van der Waals surface area contributed by atoms with Crippen molar-refractivity contribution in [1.82, 2.24) is 5.01 Å². The summed E-state index contributed by atoms with van der Waals surface area (Å²) in [5.74, 6) is 1.97. The third kappa shape index (κ3) is 4.26. The maximum absolute atomic E-state index is 5.50. The average Bonchev–Trinajstić information content (AvgIpc) is 3.21. The second-order valence-corrected chi connectivity index (χ2v) is 6.50. The zero-order valence-electron chi connectivity index (χ0n) is 15.7. The maximum Gasteiger partial charge on any atom is 0.231 e. The Hall–Kier alpha value is -3.47. The molecule has 0 amide bonds. The first-order valence-electron chi connectivity index (χ1n) is 9.16. The fraction of sp³-hybridized carbons (Fsp3) is 0.174. The molecule has 1 aliphatic heterocycles. The lowest BCUT2D eigenvalue weighted by molar-refractivity contribution is 0.171. The SMILES string of the molecule is COc1cc(/C=N\N(Cc2ccccc2)Cc2ccccc2)cc2c1OCO2. The first kappa shape index (κ1) is 17.9. The van der Waals surface area contributed by atoms with E-state index in [4.69, 9.17) is 19.3 Å². The molecule has 0 bridgehead atoms. The molecule has 0 aromatic heterocycles. The van der Waals surface area contributed by atoms with Gasteiger partial charge in [0, 0.05) is 5.56 Å². The lowest BCUT2D eigenvalue weighted by Gasteiger charge is -2.19. The summed E-state index contributed by atoms with van der Waals surface area (Å²) in [6, 6.07) is 24.5. The van der Waals surface area contributed by atoms with E-state index >= 15 is 0 Å². The van der Waals surface area contributed by atoms with Gasteiger partial charge in [-0.25, -0.2) is 0 Å². The summed E-state index contributed by atoms with van der Waals surface area (Å²) in [5.41, 5.74) is 3.31. The zero-order valence-corrected chi connectivity index (χ0v) is 15.7. The number of hydrogen-bond acceptors (Lipinski definition) is 5. The van der Waals surface area contributed by atoms with Gasteiger partial charge in [-0.3, -0.25) is 5.01 Å². The number of nitrogens with zero attached hydrogens (tertiary/aromatic N) is 2. The molecule has 5 heteroatoms. The number of ether oxygens (including phenoxy) is 3.